The molecule has 1 radical (unpaired) electrons. The number of amides is 3. The predicted molar refractivity (Wildman–Crippen MR) is 265 cm³/mol. The maximum absolute atomic E-state index is 12.9. The Morgan fingerprint density at radius 1 is 0.494 bits per heavy atom. The number of ether oxygens (including phenoxy) is 4. The van der Waals surface area contributed by atoms with Crippen LogP contribution in [0.4, 0.5) is 0 Å². The van der Waals surface area contributed by atoms with Crippen LogP contribution >= 0.6 is 0 Å². The number of aromatic nitrogens is 1. The SMILES string of the molecule is C.O=C(O)C(CCNC(=O)[C@H]1OC(O)[C@H](O)[C@@H](O)[C@H]1O)N1CCN(CCCNC(=O)[C@H]2OC(O)[C@H](O)[C@@H](O)[C@H]2O)CCN(C(CCNC(=O)[C@H]2OC(O)[C@H](O)[C@@H](O)[C@H]2O)C(=O)O)Cc2cccc(n2)C1.O=C([O-])[C@H]1OC(O)[C@H](O)[C@@H](O)[C@H]1O.[Mn].[Na+]. The number of carboxylic acid groups (broad SMARTS) is 3. The van der Waals surface area contributed by atoms with Gasteiger partial charge in [-0.05, 0) is 37.9 Å². The van der Waals surface area contributed by atoms with Crippen LogP contribution in [0.1, 0.15) is 38.1 Å². The Hall–Kier alpha value is -3.43. The molecule has 0 saturated carbocycles. The van der Waals surface area contributed by atoms with E-state index in [1.54, 1.807) is 28.0 Å². The third-order valence-corrected chi connectivity index (χ3v) is 14.2. The van der Waals surface area contributed by atoms with Gasteiger partial charge in [0.15, 0.2) is 43.5 Å². The fourth-order valence-corrected chi connectivity index (χ4v) is 9.38. The van der Waals surface area contributed by atoms with Crippen LogP contribution in [-0.2, 0) is 77.9 Å². The molecule has 4 fully saturated rings. The Bertz CT molecular complexity index is 2200. The Morgan fingerprint density at radius 2 is 0.800 bits per heavy atom. The first-order chi connectivity index (χ1) is 38.5. The summed E-state index contributed by atoms with van der Waals surface area (Å²) >= 11 is 0. The first-order valence-corrected chi connectivity index (χ1v) is 25.7. The number of carbonyl (C=O) groups excluding carboxylic acids is 4. The fourth-order valence-electron chi connectivity index (χ4n) is 9.38. The topological polar surface area (TPSA) is 585 Å². The van der Waals surface area contributed by atoms with E-state index in [2.05, 4.69) is 25.7 Å². The number of carbonyl (C=O) groups is 6. The van der Waals surface area contributed by atoms with Gasteiger partial charge < -0.3 is 142 Å². The van der Waals surface area contributed by atoms with E-state index in [0.717, 1.165) is 0 Å². The van der Waals surface area contributed by atoms with Crippen molar-refractivity contribution in [2.45, 2.75) is 175 Å². The molecular weight excluding hydrogens is 1200 g/mol. The number of aliphatic carboxylic acids is 3. The minimum atomic E-state index is -2.00. The third-order valence-electron chi connectivity index (χ3n) is 14.2. The quantitative estimate of drug-likeness (QED) is 0.0479. The molecule has 3 amide bonds. The summed E-state index contributed by atoms with van der Waals surface area (Å²) in [5, 5.41) is 194. The van der Waals surface area contributed by atoms with Crippen molar-refractivity contribution in [1.82, 2.24) is 35.6 Å². The third kappa shape index (κ3) is 20.6. The van der Waals surface area contributed by atoms with Crippen molar-refractivity contribution >= 4 is 35.6 Å². The molecule has 6 heterocycles. The summed E-state index contributed by atoms with van der Waals surface area (Å²) < 4.78 is 19.2. The average molecular weight is 1280 g/mol. The number of aliphatic hydroxyl groups is 16. The van der Waals surface area contributed by atoms with E-state index >= 15 is 0 Å². The molecule has 2 bridgehead atoms. The molecule has 0 aromatic carbocycles. The Kier molecular flexibility index (Phi) is 32.6. The Labute approximate surface area is 516 Å². The van der Waals surface area contributed by atoms with E-state index in [4.69, 9.17) is 34.6 Å². The number of pyridine rings is 1. The van der Waals surface area contributed by atoms with E-state index in [9.17, 15) is 105 Å². The van der Waals surface area contributed by atoms with Gasteiger partial charge in [0.1, 0.15) is 91.4 Å². The van der Waals surface area contributed by atoms with Crippen LogP contribution in [0.5, 0.6) is 0 Å². The van der Waals surface area contributed by atoms with Gasteiger partial charge in [0.2, 0.25) is 0 Å². The van der Waals surface area contributed by atoms with Crippen molar-refractivity contribution in [2.75, 3.05) is 52.4 Å². The van der Waals surface area contributed by atoms with E-state index in [1.165, 1.54) is 0 Å². The van der Waals surface area contributed by atoms with Gasteiger partial charge in [0.05, 0.1) is 17.4 Å². The summed E-state index contributed by atoms with van der Waals surface area (Å²) in [6.07, 6.45) is -37.7. The number of hydrogen-bond acceptors (Lipinski definition) is 31. The fraction of sp³-hybridized carbons (Fsp3) is 0.766. The number of rotatable bonds is 18. The number of nitrogens with one attached hydrogen (secondary N) is 3. The number of carboxylic acids is 3. The van der Waals surface area contributed by atoms with Crippen molar-refractivity contribution in [3.8, 4) is 0 Å². The van der Waals surface area contributed by atoms with Crippen LogP contribution in [-0.4, -0.2) is 334 Å². The maximum Gasteiger partial charge on any atom is 1.00 e. The zero-order chi connectivity index (χ0) is 61.0. The minimum Gasteiger partial charge on any atom is -0.547 e. The molecule has 5 aliphatic heterocycles. The summed E-state index contributed by atoms with van der Waals surface area (Å²) in [7, 11) is 0. The molecule has 481 valence electrons. The molecule has 0 spiro atoms. The zero-order valence-electron chi connectivity index (χ0n) is 44.8. The monoisotopic (exact) mass is 1280 g/mol. The summed E-state index contributed by atoms with van der Waals surface area (Å²) in [6, 6.07) is 2.29. The van der Waals surface area contributed by atoms with Gasteiger partial charge in [-0.2, -0.15) is 0 Å². The van der Waals surface area contributed by atoms with Crippen LogP contribution in [0.15, 0.2) is 18.2 Å². The van der Waals surface area contributed by atoms with Gasteiger partial charge in [-0.15, -0.1) is 0 Å². The summed E-state index contributed by atoms with van der Waals surface area (Å²) in [5.41, 5.74) is 0.736. The van der Waals surface area contributed by atoms with Crippen molar-refractivity contribution < 1.29 is 191 Å². The molecule has 22 atom stereocenters. The molecule has 21 N–H and O–H groups in total. The van der Waals surface area contributed by atoms with Crippen LogP contribution in [0, 0.1) is 0 Å². The van der Waals surface area contributed by atoms with Gasteiger partial charge in [0, 0.05) is 76.0 Å². The number of fused-ring (bicyclic) bond motifs is 2. The van der Waals surface area contributed by atoms with Gasteiger partial charge in [-0.1, -0.05) is 13.5 Å². The van der Waals surface area contributed by atoms with Crippen molar-refractivity contribution in [3.05, 3.63) is 29.6 Å². The maximum atomic E-state index is 12.9. The molecule has 0 aliphatic carbocycles. The number of hydrogen-bond donors (Lipinski definition) is 21. The molecule has 1 aromatic heterocycles. The second-order valence-corrected chi connectivity index (χ2v) is 19.9. The second-order valence-electron chi connectivity index (χ2n) is 19.9. The molecule has 5 aliphatic rings. The van der Waals surface area contributed by atoms with Crippen molar-refractivity contribution in [2.24, 2.45) is 0 Å². The van der Waals surface area contributed by atoms with Gasteiger partial charge >= 0.3 is 41.5 Å². The van der Waals surface area contributed by atoms with Gasteiger partial charge in [0.25, 0.3) is 17.7 Å². The molecule has 38 heteroatoms. The predicted octanol–water partition coefficient (Wildman–Crippen LogP) is -17.0. The molecule has 4 saturated heterocycles. The number of aliphatic hydroxyl groups excluding tert-OH is 16. The molecule has 36 nitrogen and oxygen atoms in total. The Morgan fingerprint density at radius 3 is 1.12 bits per heavy atom. The van der Waals surface area contributed by atoms with Crippen molar-refractivity contribution in [3.63, 3.8) is 0 Å². The van der Waals surface area contributed by atoms with Gasteiger partial charge in [-0.3, -0.25) is 38.8 Å². The standard InChI is InChI=1S/C40H63N7O22.C6H10O7.CH4.Mn.Na/c48-21-24(51)30(67-38(64)27(21)54)33(57)41-7-2-10-45-11-13-46(19(36(60)61)5-8-42-34(58)31-25(52)22(49)28(55)39(65)68-31)15-17-3-1-4-18(44-17)16-47(14-12-45)20(37(62)63)6-9-43-35(59)32-26(53)23(50)29(56)40(66)69-32;7-1-2(8)4(5(10)11)13-6(12)3(1)9;;;/h1,3-4,19-32,38-40,48-56,64-66H,2,5-16H2,(H,41,57)(H,42,58)(H,43,59)(H,60,61)(H,62,63);1-4,6-9,12H,(H,10,11);1H4;;/q;;;;+1/p-1/t19?,20?,21-,22-,23-,24+,25+,26+,27+,28+,29+,30-,31-,32-,38?,39?,40?;1-,2+,3+,4-,6?;;;/m00.../s1. The largest absolute Gasteiger partial charge is 1.00 e. The van der Waals surface area contributed by atoms with Crippen LogP contribution in [0.2, 0.25) is 0 Å². The summed E-state index contributed by atoms with van der Waals surface area (Å²) in [6.45, 7) is -0.377. The Balaban J connectivity index is 0.00000136. The van der Waals surface area contributed by atoms with Crippen LogP contribution in [0.3, 0.4) is 0 Å². The zero-order valence-corrected chi connectivity index (χ0v) is 48.0. The van der Waals surface area contributed by atoms with E-state index in [1.807, 2.05) is 4.90 Å². The first-order valence-electron chi connectivity index (χ1n) is 25.7. The molecule has 6 rings (SSSR count). The normalized spacial score (nSPS) is 35.5. The van der Waals surface area contributed by atoms with E-state index in [0.29, 0.717) is 11.4 Å². The van der Waals surface area contributed by atoms with E-state index in [-0.39, 0.29) is 139 Å². The minimum absolute atomic E-state index is 0. The number of nitrogens with zero attached hydrogens (tertiary/aromatic N) is 4. The molecule has 85 heavy (non-hydrogen) atoms. The molecule has 6 unspecified atom stereocenters. The average Bonchev–Trinajstić information content (AvgIpc) is 2.30. The second kappa shape index (κ2) is 35.7. The molecular formula is C47H76MnN7NaO29. The van der Waals surface area contributed by atoms with E-state index < -0.39 is 171 Å². The summed E-state index contributed by atoms with van der Waals surface area (Å²) in [5.74, 6) is -7.28. The van der Waals surface area contributed by atoms with Crippen LogP contribution < -0.4 is 50.6 Å². The smallest absolute Gasteiger partial charge is 0.547 e. The first kappa shape index (κ1) is 77.7. The van der Waals surface area contributed by atoms with Crippen LogP contribution in [0.25, 0.3) is 0 Å². The van der Waals surface area contributed by atoms with Gasteiger partial charge in [-0.25, -0.2) is 0 Å². The molecule has 1 aromatic rings. The van der Waals surface area contributed by atoms with Crippen molar-refractivity contribution in [1.29, 1.82) is 0 Å². The summed E-state index contributed by atoms with van der Waals surface area (Å²) in [4.78, 5) is 84.4.